The highest BCUT2D eigenvalue weighted by molar-refractivity contribution is 7.89. The molecule has 4 heteroatoms. The van der Waals surface area contributed by atoms with E-state index in [2.05, 4.69) is 30.8 Å². The molecule has 1 aliphatic carbocycles. The predicted molar refractivity (Wildman–Crippen MR) is 81.0 cm³/mol. The molecule has 20 heavy (non-hydrogen) atoms. The highest BCUT2D eigenvalue weighted by Crippen LogP contribution is 2.33. The maximum Gasteiger partial charge on any atom is 0.289 e. The molecule has 1 fully saturated rings. The van der Waals surface area contributed by atoms with Crippen LogP contribution in [0.3, 0.4) is 0 Å². The Morgan fingerprint density at radius 1 is 1.20 bits per heavy atom. The summed E-state index contributed by atoms with van der Waals surface area (Å²) in [6.07, 6.45) is 6.84. The third kappa shape index (κ3) is 4.46. The maximum atomic E-state index is 11.1. The van der Waals surface area contributed by atoms with Gasteiger partial charge < -0.3 is 0 Å². The second-order valence-electron chi connectivity index (χ2n) is 5.31. The minimum absolute atomic E-state index is 0.207. The highest BCUT2D eigenvalue weighted by Gasteiger charge is 2.16. The lowest BCUT2D eigenvalue weighted by molar-refractivity contribution is 0.318. The molecule has 0 aliphatic heterocycles. The van der Waals surface area contributed by atoms with E-state index >= 15 is 0 Å². The molecule has 0 saturated heterocycles. The molecule has 0 amide bonds. The fraction of sp³-hybridized carbons (Fsp3) is 0.500. The Kier molecular flexibility index (Phi) is 5.38. The van der Waals surface area contributed by atoms with Crippen LogP contribution in [0.1, 0.15) is 49.1 Å². The van der Waals surface area contributed by atoms with Crippen molar-refractivity contribution in [2.75, 3.05) is 6.61 Å². The topological polar surface area (TPSA) is 43.4 Å². The first-order chi connectivity index (χ1) is 9.61. The van der Waals surface area contributed by atoms with Gasteiger partial charge in [-0.1, -0.05) is 43.7 Å². The molecule has 110 valence electrons. The molecule has 0 N–H and O–H groups in total. The molecule has 0 aromatic heterocycles. The monoisotopic (exact) mass is 294 g/mol. The Hall–Kier alpha value is -1.13. The first kappa shape index (κ1) is 15.3. The molecule has 3 nitrogen and oxygen atoms in total. The molecule has 0 heterocycles. The molecular formula is C16H22O3S. The van der Waals surface area contributed by atoms with Crippen molar-refractivity contribution in [3.63, 3.8) is 0 Å². The van der Waals surface area contributed by atoms with E-state index in [9.17, 15) is 8.42 Å². The number of hydrogen-bond donors (Lipinski definition) is 0. The van der Waals surface area contributed by atoms with Gasteiger partial charge in [-0.3, -0.25) is 4.18 Å². The summed E-state index contributed by atoms with van der Waals surface area (Å²) in [5, 5.41) is 0.837. The van der Waals surface area contributed by atoms with Crippen LogP contribution in [-0.2, 0) is 20.7 Å². The number of aryl methyl sites for hydroxylation is 1. The van der Waals surface area contributed by atoms with Crippen molar-refractivity contribution in [1.82, 2.24) is 0 Å². The van der Waals surface area contributed by atoms with E-state index in [4.69, 9.17) is 4.18 Å². The van der Waals surface area contributed by atoms with Crippen molar-refractivity contribution in [2.45, 2.75) is 44.4 Å². The lowest BCUT2D eigenvalue weighted by Gasteiger charge is -2.10. The zero-order valence-corrected chi connectivity index (χ0v) is 12.6. The van der Waals surface area contributed by atoms with E-state index in [0.29, 0.717) is 6.42 Å². The van der Waals surface area contributed by atoms with E-state index in [1.165, 1.54) is 36.8 Å². The smallest absolute Gasteiger partial charge is 0.267 e. The van der Waals surface area contributed by atoms with Crippen LogP contribution in [0.4, 0.5) is 0 Å². The van der Waals surface area contributed by atoms with E-state index < -0.39 is 10.1 Å². The maximum absolute atomic E-state index is 11.1. The van der Waals surface area contributed by atoms with Gasteiger partial charge >= 0.3 is 0 Å². The third-order valence-corrected chi connectivity index (χ3v) is 4.77. The minimum Gasteiger partial charge on any atom is -0.267 e. The molecule has 1 saturated carbocycles. The molecule has 0 spiro atoms. The van der Waals surface area contributed by atoms with Crippen molar-refractivity contribution < 1.29 is 12.6 Å². The average molecular weight is 294 g/mol. The van der Waals surface area contributed by atoms with Crippen LogP contribution >= 0.6 is 0 Å². The lowest BCUT2D eigenvalue weighted by atomic mass is 9.96. The van der Waals surface area contributed by atoms with Crippen molar-refractivity contribution in [1.29, 1.82) is 0 Å². The van der Waals surface area contributed by atoms with E-state index in [-0.39, 0.29) is 6.61 Å². The van der Waals surface area contributed by atoms with Gasteiger partial charge in [-0.25, -0.2) is 0 Å². The second-order valence-corrected chi connectivity index (χ2v) is 6.86. The predicted octanol–water partition coefficient (Wildman–Crippen LogP) is 3.77. The zero-order chi connectivity index (χ0) is 14.4. The van der Waals surface area contributed by atoms with Gasteiger partial charge in [0.2, 0.25) is 0 Å². The summed E-state index contributed by atoms with van der Waals surface area (Å²) in [6, 6.07) is 8.73. The highest BCUT2D eigenvalue weighted by atomic mass is 32.2. The SMILES string of the molecule is C=CS(=O)(=O)OCCCc1ccc(C2CCCC2)cc1. The van der Waals surface area contributed by atoms with E-state index in [0.717, 1.165) is 17.7 Å². The first-order valence-corrected chi connectivity index (χ1v) is 8.68. The number of rotatable bonds is 7. The summed E-state index contributed by atoms with van der Waals surface area (Å²) in [6.45, 7) is 3.41. The Bertz CT molecular complexity index is 525. The molecule has 1 aromatic rings. The molecule has 2 rings (SSSR count). The van der Waals surface area contributed by atoms with Crippen LogP contribution in [0.15, 0.2) is 36.3 Å². The van der Waals surface area contributed by atoms with Crippen molar-refractivity contribution in [3.05, 3.63) is 47.4 Å². The quantitative estimate of drug-likeness (QED) is 0.568. The van der Waals surface area contributed by atoms with Crippen molar-refractivity contribution in [3.8, 4) is 0 Å². The molecule has 0 atom stereocenters. The standard InChI is InChI=1S/C16H22O3S/c1-2-20(17,18)19-13-5-6-14-9-11-16(12-10-14)15-7-3-4-8-15/h2,9-12,15H,1,3-8,13H2. The van der Waals surface area contributed by atoms with Crippen LogP contribution in [0, 0.1) is 0 Å². The number of benzene rings is 1. The Morgan fingerprint density at radius 3 is 2.45 bits per heavy atom. The zero-order valence-electron chi connectivity index (χ0n) is 11.8. The van der Waals surface area contributed by atoms with E-state index in [1.54, 1.807) is 0 Å². The van der Waals surface area contributed by atoms with Gasteiger partial charge in [0.25, 0.3) is 10.1 Å². The molecule has 0 radical (unpaired) electrons. The Balaban J connectivity index is 1.77. The van der Waals surface area contributed by atoms with Crippen molar-refractivity contribution >= 4 is 10.1 Å². The molecular weight excluding hydrogens is 272 g/mol. The van der Waals surface area contributed by atoms with Crippen LogP contribution in [0.2, 0.25) is 0 Å². The Labute approximate surface area is 121 Å². The van der Waals surface area contributed by atoms with Crippen LogP contribution in [-0.4, -0.2) is 15.0 Å². The first-order valence-electron chi connectivity index (χ1n) is 7.21. The summed E-state index contributed by atoms with van der Waals surface area (Å²) in [5.41, 5.74) is 2.67. The summed E-state index contributed by atoms with van der Waals surface area (Å²) >= 11 is 0. The van der Waals surface area contributed by atoms with Gasteiger partial charge in [0.05, 0.1) is 12.0 Å². The lowest BCUT2D eigenvalue weighted by Crippen LogP contribution is -2.04. The molecule has 0 bridgehead atoms. The normalized spacial score (nSPS) is 16.4. The second kappa shape index (κ2) is 7.04. The molecule has 1 aromatic carbocycles. The summed E-state index contributed by atoms with van der Waals surface area (Å²) < 4.78 is 26.9. The fourth-order valence-corrected chi connectivity index (χ4v) is 3.16. The van der Waals surface area contributed by atoms with E-state index in [1.807, 2.05) is 0 Å². The molecule has 1 aliphatic rings. The summed E-state index contributed by atoms with van der Waals surface area (Å²) in [4.78, 5) is 0. The van der Waals surface area contributed by atoms with Crippen molar-refractivity contribution in [2.24, 2.45) is 0 Å². The van der Waals surface area contributed by atoms with Crippen LogP contribution in [0.5, 0.6) is 0 Å². The van der Waals surface area contributed by atoms with Crippen LogP contribution in [0.25, 0.3) is 0 Å². The summed E-state index contributed by atoms with van der Waals surface area (Å²) in [5.74, 6) is 0.741. The third-order valence-electron chi connectivity index (χ3n) is 3.87. The Morgan fingerprint density at radius 2 is 1.85 bits per heavy atom. The van der Waals surface area contributed by atoms with Gasteiger partial charge in [0.15, 0.2) is 0 Å². The van der Waals surface area contributed by atoms with Gasteiger partial charge in [-0.2, -0.15) is 8.42 Å². The largest absolute Gasteiger partial charge is 0.289 e. The van der Waals surface area contributed by atoms with Gasteiger partial charge in [0.1, 0.15) is 0 Å². The number of hydrogen-bond acceptors (Lipinski definition) is 3. The summed E-state index contributed by atoms with van der Waals surface area (Å²) in [7, 11) is -3.53. The van der Waals surface area contributed by atoms with Crippen LogP contribution < -0.4 is 0 Å². The average Bonchev–Trinajstić information content (AvgIpc) is 2.98. The van der Waals surface area contributed by atoms with Gasteiger partial charge in [-0.15, -0.1) is 0 Å². The van der Waals surface area contributed by atoms with Gasteiger partial charge in [-0.05, 0) is 42.7 Å². The fourth-order valence-electron chi connectivity index (χ4n) is 2.72. The van der Waals surface area contributed by atoms with Gasteiger partial charge in [0, 0.05) is 0 Å². The minimum atomic E-state index is -3.53. The molecule has 0 unspecified atom stereocenters.